The van der Waals surface area contributed by atoms with E-state index in [1.165, 1.54) is 0 Å². The minimum Gasteiger partial charge on any atom is -0.497 e. The number of ether oxygens (including phenoxy) is 1. The molecule has 0 aliphatic heterocycles. The van der Waals surface area contributed by atoms with E-state index in [-0.39, 0.29) is 12.3 Å². The van der Waals surface area contributed by atoms with Crippen LogP contribution in [0.2, 0.25) is 0 Å². The number of methoxy groups -OCH3 is 1. The molecule has 0 bridgehead atoms. The maximum absolute atomic E-state index is 10.8. The number of aliphatic carboxylic acids is 1. The number of carboxylic acids is 1. The van der Waals surface area contributed by atoms with Crippen LogP contribution in [0.5, 0.6) is 5.75 Å². The average molecular weight is 247 g/mol. The highest BCUT2D eigenvalue weighted by molar-refractivity contribution is 5.87. The first-order valence-corrected chi connectivity index (χ1v) is 5.91. The van der Waals surface area contributed by atoms with Gasteiger partial charge in [-0.2, -0.15) is 0 Å². The van der Waals surface area contributed by atoms with Crippen LogP contribution in [-0.2, 0) is 4.79 Å². The minimum absolute atomic E-state index is 0.0247. The van der Waals surface area contributed by atoms with Gasteiger partial charge in [0.25, 0.3) is 0 Å². The first-order chi connectivity index (χ1) is 8.52. The molecule has 0 spiro atoms. The fourth-order valence-corrected chi connectivity index (χ4v) is 2.45. The van der Waals surface area contributed by atoms with Gasteiger partial charge in [0, 0.05) is 16.6 Å². The summed E-state index contributed by atoms with van der Waals surface area (Å²) in [6.07, 6.45) is 0.130. The van der Waals surface area contributed by atoms with Gasteiger partial charge >= 0.3 is 5.97 Å². The Morgan fingerprint density at radius 1 is 1.50 bits per heavy atom. The van der Waals surface area contributed by atoms with Crippen LogP contribution in [0.1, 0.15) is 30.5 Å². The van der Waals surface area contributed by atoms with Crippen molar-refractivity contribution in [3.05, 3.63) is 29.5 Å². The molecule has 0 aliphatic rings. The van der Waals surface area contributed by atoms with Crippen LogP contribution in [0.4, 0.5) is 0 Å². The van der Waals surface area contributed by atoms with Crippen molar-refractivity contribution >= 4 is 16.9 Å². The summed E-state index contributed by atoms with van der Waals surface area (Å²) in [5, 5.41) is 9.95. The summed E-state index contributed by atoms with van der Waals surface area (Å²) in [4.78, 5) is 14.1. The second-order valence-corrected chi connectivity index (χ2v) is 4.57. The second-order valence-electron chi connectivity index (χ2n) is 4.57. The van der Waals surface area contributed by atoms with Gasteiger partial charge in [0.2, 0.25) is 0 Å². The normalized spacial score (nSPS) is 12.6. The van der Waals surface area contributed by atoms with E-state index in [9.17, 15) is 4.79 Å². The maximum atomic E-state index is 10.8. The van der Waals surface area contributed by atoms with Crippen LogP contribution in [0.15, 0.2) is 18.2 Å². The maximum Gasteiger partial charge on any atom is 0.303 e. The van der Waals surface area contributed by atoms with E-state index in [1.807, 2.05) is 32.0 Å². The minimum atomic E-state index is -0.779. The predicted molar refractivity (Wildman–Crippen MR) is 70.3 cm³/mol. The predicted octanol–water partition coefficient (Wildman–Crippen LogP) is 3.06. The first-order valence-electron chi connectivity index (χ1n) is 5.91. The van der Waals surface area contributed by atoms with E-state index in [0.29, 0.717) is 0 Å². The quantitative estimate of drug-likeness (QED) is 0.872. The number of carboxylic acid groups (broad SMARTS) is 1. The van der Waals surface area contributed by atoms with Crippen molar-refractivity contribution in [3.63, 3.8) is 0 Å². The van der Waals surface area contributed by atoms with Gasteiger partial charge in [-0.25, -0.2) is 0 Å². The van der Waals surface area contributed by atoms with Gasteiger partial charge in [0.05, 0.1) is 13.5 Å². The van der Waals surface area contributed by atoms with Crippen molar-refractivity contribution in [2.45, 2.75) is 26.2 Å². The lowest BCUT2D eigenvalue weighted by atomic mass is 9.95. The van der Waals surface area contributed by atoms with Crippen LogP contribution in [0.25, 0.3) is 10.9 Å². The van der Waals surface area contributed by atoms with Crippen LogP contribution in [0, 0.1) is 6.92 Å². The third kappa shape index (κ3) is 2.18. The number of benzene rings is 1. The molecule has 1 atom stereocenters. The topological polar surface area (TPSA) is 62.3 Å². The molecule has 0 fully saturated rings. The molecule has 1 aromatic carbocycles. The Balaban J connectivity index is 2.53. The lowest BCUT2D eigenvalue weighted by molar-refractivity contribution is -0.137. The zero-order valence-corrected chi connectivity index (χ0v) is 10.8. The molecule has 0 saturated carbocycles. The molecule has 0 aliphatic carbocycles. The number of nitrogens with one attached hydrogen (secondary N) is 1. The van der Waals surface area contributed by atoms with Crippen molar-refractivity contribution < 1.29 is 14.6 Å². The Kier molecular flexibility index (Phi) is 3.28. The summed E-state index contributed by atoms with van der Waals surface area (Å²) in [5.74, 6) is -0.0206. The molecule has 1 unspecified atom stereocenters. The van der Waals surface area contributed by atoms with Gasteiger partial charge < -0.3 is 14.8 Å². The molecule has 96 valence electrons. The molecule has 1 aromatic heterocycles. The molecular weight excluding hydrogens is 230 g/mol. The Bertz CT molecular complexity index is 586. The first kappa shape index (κ1) is 12.5. The Hall–Kier alpha value is -1.97. The van der Waals surface area contributed by atoms with Crippen LogP contribution < -0.4 is 4.74 Å². The summed E-state index contributed by atoms with van der Waals surface area (Å²) >= 11 is 0. The SMILES string of the molecule is COc1ccc2[nH]c(C)c(C(C)CC(=O)O)c2c1. The highest BCUT2D eigenvalue weighted by atomic mass is 16.5. The zero-order valence-electron chi connectivity index (χ0n) is 10.8. The largest absolute Gasteiger partial charge is 0.497 e. The summed E-state index contributed by atoms with van der Waals surface area (Å²) in [6.45, 7) is 3.91. The molecule has 0 radical (unpaired) electrons. The summed E-state index contributed by atoms with van der Waals surface area (Å²) < 4.78 is 5.22. The van der Waals surface area contributed by atoms with Gasteiger partial charge in [0.1, 0.15) is 5.75 Å². The van der Waals surface area contributed by atoms with Crippen molar-refractivity contribution in [2.24, 2.45) is 0 Å². The molecule has 18 heavy (non-hydrogen) atoms. The standard InChI is InChI=1S/C14H17NO3/c1-8(6-13(16)17)14-9(2)15-12-5-4-10(18-3)7-11(12)14/h4-5,7-8,15H,6H2,1-3H3,(H,16,17). The molecule has 2 N–H and O–H groups in total. The summed E-state index contributed by atoms with van der Waals surface area (Å²) in [6, 6.07) is 5.80. The van der Waals surface area contributed by atoms with E-state index < -0.39 is 5.97 Å². The molecule has 1 heterocycles. The van der Waals surface area contributed by atoms with Crippen molar-refractivity contribution in [1.29, 1.82) is 0 Å². The van der Waals surface area contributed by atoms with E-state index in [4.69, 9.17) is 9.84 Å². The molecule has 4 nitrogen and oxygen atoms in total. The van der Waals surface area contributed by atoms with Crippen LogP contribution in [-0.4, -0.2) is 23.2 Å². The lowest BCUT2D eigenvalue weighted by Crippen LogP contribution is -2.03. The van der Waals surface area contributed by atoms with E-state index in [2.05, 4.69) is 4.98 Å². The second kappa shape index (κ2) is 4.72. The van der Waals surface area contributed by atoms with E-state index in [0.717, 1.165) is 27.9 Å². The third-order valence-electron chi connectivity index (χ3n) is 3.22. The number of hydrogen-bond acceptors (Lipinski definition) is 2. The molecule has 2 aromatic rings. The molecule has 2 rings (SSSR count). The third-order valence-corrected chi connectivity index (χ3v) is 3.22. The number of H-pyrrole nitrogens is 1. The van der Waals surface area contributed by atoms with Gasteiger partial charge in [0.15, 0.2) is 0 Å². The smallest absolute Gasteiger partial charge is 0.303 e. The van der Waals surface area contributed by atoms with Crippen molar-refractivity contribution in [1.82, 2.24) is 4.98 Å². The summed E-state index contributed by atoms with van der Waals surface area (Å²) in [5.41, 5.74) is 3.10. The summed E-state index contributed by atoms with van der Waals surface area (Å²) in [7, 11) is 1.63. The van der Waals surface area contributed by atoms with Crippen molar-refractivity contribution in [3.8, 4) is 5.75 Å². The molecular formula is C14H17NO3. The van der Waals surface area contributed by atoms with Crippen molar-refractivity contribution in [2.75, 3.05) is 7.11 Å². The number of rotatable bonds is 4. The fraction of sp³-hybridized carbons (Fsp3) is 0.357. The van der Waals surface area contributed by atoms with Gasteiger partial charge in [-0.15, -0.1) is 0 Å². The molecule has 4 heteroatoms. The fourth-order valence-electron chi connectivity index (χ4n) is 2.45. The number of hydrogen-bond donors (Lipinski definition) is 2. The number of carbonyl (C=O) groups is 1. The van der Waals surface area contributed by atoms with E-state index >= 15 is 0 Å². The Morgan fingerprint density at radius 3 is 2.83 bits per heavy atom. The Labute approximate surface area is 106 Å². The molecule has 0 amide bonds. The highest BCUT2D eigenvalue weighted by Gasteiger charge is 2.17. The van der Waals surface area contributed by atoms with Gasteiger partial charge in [-0.05, 0) is 36.6 Å². The lowest BCUT2D eigenvalue weighted by Gasteiger charge is -2.09. The number of aromatic amines is 1. The van der Waals surface area contributed by atoms with E-state index in [1.54, 1.807) is 7.11 Å². The van der Waals surface area contributed by atoms with Crippen LogP contribution in [0.3, 0.4) is 0 Å². The Morgan fingerprint density at radius 2 is 2.22 bits per heavy atom. The van der Waals surface area contributed by atoms with Gasteiger partial charge in [-0.3, -0.25) is 4.79 Å². The monoisotopic (exact) mass is 247 g/mol. The zero-order chi connectivity index (χ0) is 13.3. The number of aromatic nitrogens is 1. The number of fused-ring (bicyclic) bond motifs is 1. The average Bonchev–Trinajstić information content (AvgIpc) is 2.62. The molecule has 0 saturated heterocycles. The van der Waals surface area contributed by atoms with Gasteiger partial charge in [-0.1, -0.05) is 6.92 Å². The number of aryl methyl sites for hydroxylation is 1. The highest BCUT2D eigenvalue weighted by Crippen LogP contribution is 2.33. The van der Waals surface area contributed by atoms with Crippen LogP contribution >= 0.6 is 0 Å².